The number of hydrogen-bond acceptors (Lipinski definition) is 6. The minimum absolute atomic E-state index is 0.0268. The zero-order valence-electron chi connectivity index (χ0n) is 22.2. The number of aromatic amines is 1. The van der Waals surface area contributed by atoms with E-state index in [0.29, 0.717) is 17.5 Å². The van der Waals surface area contributed by atoms with E-state index in [0.717, 1.165) is 78.5 Å². The number of carbonyl (C=O) groups excluding carboxylic acids is 1. The summed E-state index contributed by atoms with van der Waals surface area (Å²) in [6.07, 6.45) is 4.21. The van der Waals surface area contributed by atoms with Crippen LogP contribution in [0.25, 0.3) is 11.1 Å². The highest BCUT2D eigenvalue weighted by Crippen LogP contribution is 2.44. The van der Waals surface area contributed by atoms with E-state index in [2.05, 4.69) is 41.2 Å². The predicted octanol–water partition coefficient (Wildman–Crippen LogP) is 4.38. The molecule has 4 heterocycles. The SMILES string of the molecule is CCC1(C)Cc2cc(C(=O)CCc3c(C)cc(C)[nH]c3=O)cc(-c3ccc(N4CCNCC4)nc3)c2O1. The fourth-order valence-corrected chi connectivity index (χ4v) is 5.40. The van der Waals surface area contributed by atoms with Crippen molar-refractivity contribution in [3.8, 4) is 16.9 Å². The van der Waals surface area contributed by atoms with Gasteiger partial charge in [0.1, 0.15) is 17.2 Å². The van der Waals surface area contributed by atoms with Crippen LogP contribution < -0.4 is 20.5 Å². The van der Waals surface area contributed by atoms with Crippen molar-refractivity contribution < 1.29 is 9.53 Å². The number of carbonyl (C=O) groups is 1. The Kier molecular flexibility index (Phi) is 6.90. The fourth-order valence-electron chi connectivity index (χ4n) is 5.40. The van der Waals surface area contributed by atoms with Crippen LogP contribution >= 0.6 is 0 Å². The van der Waals surface area contributed by atoms with Crippen LogP contribution in [0.1, 0.15) is 59.4 Å². The van der Waals surface area contributed by atoms with Crippen molar-refractivity contribution in [2.75, 3.05) is 31.1 Å². The van der Waals surface area contributed by atoms with E-state index >= 15 is 0 Å². The third-order valence-electron chi connectivity index (χ3n) is 7.74. The summed E-state index contributed by atoms with van der Waals surface area (Å²) in [4.78, 5) is 35.7. The van der Waals surface area contributed by atoms with E-state index in [1.54, 1.807) is 0 Å². The quantitative estimate of drug-likeness (QED) is 0.468. The maximum atomic E-state index is 13.4. The van der Waals surface area contributed by atoms with Gasteiger partial charge in [0.05, 0.1) is 0 Å². The highest BCUT2D eigenvalue weighted by Gasteiger charge is 2.35. The van der Waals surface area contributed by atoms with Gasteiger partial charge in [-0.05, 0) is 75.1 Å². The van der Waals surface area contributed by atoms with Crippen LogP contribution in [0.15, 0.2) is 41.3 Å². The molecule has 194 valence electrons. The maximum Gasteiger partial charge on any atom is 0.251 e. The molecule has 1 saturated heterocycles. The van der Waals surface area contributed by atoms with Crippen LogP contribution in [-0.4, -0.2) is 47.5 Å². The minimum atomic E-state index is -0.292. The lowest BCUT2D eigenvalue weighted by molar-refractivity contribution is 0.0982. The topological polar surface area (TPSA) is 87.3 Å². The average molecular weight is 501 g/mol. The van der Waals surface area contributed by atoms with E-state index in [1.165, 1.54) is 0 Å². The van der Waals surface area contributed by atoms with Crippen molar-refractivity contribution in [2.45, 2.75) is 59.0 Å². The standard InChI is InChI=1S/C30H36N4O3/c1-5-30(4)17-23-15-22(26(35)8-7-24-19(2)14-20(3)33-29(24)36)16-25(28(23)37-30)21-6-9-27(32-18-21)34-12-10-31-11-13-34/h6,9,14-16,18,31H,5,7-8,10-13,17H2,1-4H3,(H,33,36). The number of nitrogens with one attached hydrogen (secondary N) is 2. The van der Waals surface area contributed by atoms with Crippen LogP contribution in [0.5, 0.6) is 5.75 Å². The van der Waals surface area contributed by atoms with Gasteiger partial charge in [-0.2, -0.15) is 0 Å². The third kappa shape index (κ3) is 5.18. The largest absolute Gasteiger partial charge is 0.486 e. The smallest absolute Gasteiger partial charge is 0.251 e. The molecule has 0 bridgehead atoms. The highest BCUT2D eigenvalue weighted by atomic mass is 16.5. The summed E-state index contributed by atoms with van der Waals surface area (Å²) >= 11 is 0. The van der Waals surface area contributed by atoms with E-state index in [-0.39, 0.29) is 23.4 Å². The van der Waals surface area contributed by atoms with Crippen LogP contribution in [0.3, 0.4) is 0 Å². The normalized spacial score (nSPS) is 19.0. The molecule has 1 fully saturated rings. The number of fused-ring (bicyclic) bond motifs is 1. The Bertz CT molecular complexity index is 1370. The monoisotopic (exact) mass is 500 g/mol. The van der Waals surface area contributed by atoms with E-state index in [1.807, 2.05) is 38.2 Å². The first kappa shape index (κ1) is 25.2. The Morgan fingerprint density at radius 3 is 2.62 bits per heavy atom. The fraction of sp³-hybridized carbons (Fsp3) is 0.433. The van der Waals surface area contributed by atoms with Crippen LogP contribution in [-0.2, 0) is 12.8 Å². The van der Waals surface area contributed by atoms with Gasteiger partial charge in [-0.15, -0.1) is 0 Å². The van der Waals surface area contributed by atoms with Crippen molar-refractivity contribution in [1.82, 2.24) is 15.3 Å². The molecule has 1 unspecified atom stereocenters. The summed E-state index contributed by atoms with van der Waals surface area (Å²) in [6.45, 7) is 11.8. The molecular formula is C30H36N4O3. The van der Waals surface area contributed by atoms with Gasteiger partial charge >= 0.3 is 0 Å². The van der Waals surface area contributed by atoms with Gasteiger partial charge in [0.2, 0.25) is 0 Å². The van der Waals surface area contributed by atoms with E-state index in [9.17, 15) is 9.59 Å². The number of aryl methyl sites for hydroxylation is 2. The zero-order chi connectivity index (χ0) is 26.2. The van der Waals surface area contributed by atoms with Crippen molar-refractivity contribution in [1.29, 1.82) is 0 Å². The Morgan fingerprint density at radius 1 is 1.16 bits per heavy atom. The Morgan fingerprint density at radius 2 is 1.95 bits per heavy atom. The zero-order valence-corrected chi connectivity index (χ0v) is 22.2. The molecule has 7 heteroatoms. The molecule has 0 saturated carbocycles. The van der Waals surface area contributed by atoms with Gasteiger partial charge in [-0.1, -0.05) is 6.92 Å². The van der Waals surface area contributed by atoms with Crippen molar-refractivity contribution in [3.63, 3.8) is 0 Å². The molecule has 2 N–H and O–H groups in total. The molecule has 5 rings (SSSR count). The number of hydrogen-bond donors (Lipinski definition) is 2. The molecule has 1 aromatic carbocycles. The minimum Gasteiger partial charge on any atom is -0.486 e. The lowest BCUT2D eigenvalue weighted by Gasteiger charge is -2.28. The number of nitrogens with zero attached hydrogens (tertiary/aromatic N) is 2. The predicted molar refractivity (Wildman–Crippen MR) is 147 cm³/mol. The summed E-state index contributed by atoms with van der Waals surface area (Å²) in [6, 6.07) is 10.0. The molecule has 0 aliphatic carbocycles. The van der Waals surface area contributed by atoms with Gasteiger partial charge in [-0.25, -0.2) is 4.98 Å². The average Bonchev–Trinajstić information content (AvgIpc) is 3.25. The summed E-state index contributed by atoms with van der Waals surface area (Å²) < 4.78 is 6.48. The second-order valence-electron chi connectivity index (χ2n) is 10.6. The number of ketones is 1. The third-order valence-corrected chi connectivity index (χ3v) is 7.74. The molecule has 2 aliphatic heterocycles. The molecule has 0 amide bonds. The number of anilines is 1. The van der Waals surface area contributed by atoms with Crippen LogP contribution in [0.4, 0.5) is 5.82 Å². The second kappa shape index (κ2) is 10.1. The lowest BCUT2D eigenvalue weighted by atomic mass is 9.91. The lowest BCUT2D eigenvalue weighted by Crippen LogP contribution is -2.43. The Hall–Kier alpha value is -3.45. The number of benzene rings is 1. The molecular weight excluding hydrogens is 464 g/mol. The number of piperazine rings is 1. The number of ether oxygens (including phenoxy) is 1. The van der Waals surface area contributed by atoms with Crippen molar-refractivity contribution in [2.24, 2.45) is 0 Å². The Labute approximate surface area is 218 Å². The summed E-state index contributed by atoms with van der Waals surface area (Å²) in [5, 5.41) is 3.37. The molecule has 2 aromatic heterocycles. The van der Waals surface area contributed by atoms with Gasteiger partial charge in [0.15, 0.2) is 5.78 Å². The first-order valence-corrected chi connectivity index (χ1v) is 13.3. The second-order valence-corrected chi connectivity index (χ2v) is 10.6. The Balaban J connectivity index is 1.45. The molecule has 1 atom stereocenters. The summed E-state index contributed by atoms with van der Waals surface area (Å²) in [5.41, 5.74) is 5.59. The first-order chi connectivity index (χ1) is 17.8. The van der Waals surface area contributed by atoms with Crippen LogP contribution in [0, 0.1) is 13.8 Å². The molecule has 0 radical (unpaired) electrons. The number of rotatable bonds is 7. The summed E-state index contributed by atoms with van der Waals surface area (Å²) in [7, 11) is 0. The maximum absolute atomic E-state index is 13.4. The van der Waals surface area contributed by atoms with Gasteiger partial charge in [0, 0.05) is 73.2 Å². The van der Waals surface area contributed by atoms with E-state index in [4.69, 9.17) is 9.72 Å². The van der Waals surface area contributed by atoms with Gasteiger partial charge < -0.3 is 19.9 Å². The molecule has 7 nitrogen and oxygen atoms in total. The van der Waals surface area contributed by atoms with Gasteiger partial charge in [-0.3, -0.25) is 9.59 Å². The number of aromatic nitrogens is 2. The van der Waals surface area contributed by atoms with Crippen LogP contribution in [0.2, 0.25) is 0 Å². The molecule has 0 spiro atoms. The molecule has 3 aromatic rings. The van der Waals surface area contributed by atoms with Crippen molar-refractivity contribution >= 4 is 11.6 Å². The molecule has 2 aliphatic rings. The number of pyridine rings is 2. The highest BCUT2D eigenvalue weighted by molar-refractivity contribution is 5.98. The summed E-state index contributed by atoms with van der Waals surface area (Å²) in [5.74, 6) is 1.84. The van der Waals surface area contributed by atoms with Crippen molar-refractivity contribution in [3.05, 3.63) is 74.8 Å². The molecule has 37 heavy (non-hydrogen) atoms. The number of H-pyrrole nitrogens is 1. The first-order valence-electron chi connectivity index (χ1n) is 13.3. The number of Topliss-reactive ketones (excluding diaryl/α,β-unsaturated/α-hetero) is 1. The van der Waals surface area contributed by atoms with Gasteiger partial charge in [0.25, 0.3) is 5.56 Å². The van der Waals surface area contributed by atoms with E-state index < -0.39 is 0 Å².